The lowest BCUT2D eigenvalue weighted by Gasteiger charge is -2.20. The first kappa shape index (κ1) is 11.4. The van der Waals surface area contributed by atoms with Gasteiger partial charge in [0, 0.05) is 13.7 Å². The molecule has 0 fully saturated rings. The number of carbonyl (C=O) groups is 1. The van der Waals surface area contributed by atoms with Crippen molar-refractivity contribution in [3.05, 3.63) is 0 Å². The van der Waals surface area contributed by atoms with Crippen LogP contribution in [-0.4, -0.2) is 26.8 Å². The summed E-state index contributed by atoms with van der Waals surface area (Å²) in [7, 11) is 3.07. The van der Waals surface area contributed by atoms with E-state index in [0.717, 1.165) is 12.8 Å². The molecule has 0 heterocycles. The molecule has 0 aliphatic carbocycles. The lowest BCUT2D eigenvalue weighted by Crippen LogP contribution is -2.25. The van der Waals surface area contributed by atoms with Crippen molar-refractivity contribution in [1.29, 1.82) is 0 Å². The first-order valence-electron chi connectivity index (χ1n) is 4.12. The zero-order valence-corrected chi connectivity index (χ0v) is 8.35. The van der Waals surface area contributed by atoms with Crippen molar-refractivity contribution >= 4 is 5.97 Å². The number of ether oxygens (including phenoxy) is 2. The van der Waals surface area contributed by atoms with E-state index in [0.29, 0.717) is 6.61 Å². The summed E-state index contributed by atoms with van der Waals surface area (Å²) in [5.41, 5.74) is -0.382. The van der Waals surface area contributed by atoms with Crippen molar-refractivity contribution < 1.29 is 14.3 Å². The summed E-state index contributed by atoms with van der Waals surface area (Å²) < 4.78 is 9.56. The number of rotatable bonds is 5. The van der Waals surface area contributed by atoms with Gasteiger partial charge in [0.2, 0.25) is 0 Å². The molecule has 0 aromatic rings. The molecule has 0 unspecified atom stereocenters. The molecule has 12 heavy (non-hydrogen) atoms. The summed E-state index contributed by atoms with van der Waals surface area (Å²) in [4.78, 5) is 11.2. The van der Waals surface area contributed by atoms with E-state index in [4.69, 9.17) is 4.74 Å². The molecule has 0 spiro atoms. The van der Waals surface area contributed by atoms with Gasteiger partial charge in [-0.05, 0) is 26.7 Å². The molecule has 0 aromatic carbocycles. The maximum atomic E-state index is 11.2. The minimum Gasteiger partial charge on any atom is -0.469 e. The van der Waals surface area contributed by atoms with Crippen LogP contribution in [0.3, 0.4) is 0 Å². The second-order valence-corrected chi connectivity index (χ2v) is 3.47. The third kappa shape index (κ3) is 3.72. The van der Waals surface area contributed by atoms with Crippen LogP contribution >= 0.6 is 0 Å². The van der Waals surface area contributed by atoms with E-state index >= 15 is 0 Å². The minimum absolute atomic E-state index is 0.154. The average molecular weight is 174 g/mol. The van der Waals surface area contributed by atoms with Crippen LogP contribution in [0.25, 0.3) is 0 Å². The molecule has 0 amide bonds. The van der Waals surface area contributed by atoms with Crippen molar-refractivity contribution in [1.82, 2.24) is 0 Å². The van der Waals surface area contributed by atoms with Crippen LogP contribution in [0.2, 0.25) is 0 Å². The zero-order valence-electron chi connectivity index (χ0n) is 8.35. The molecule has 0 N–H and O–H groups in total. The Morgan fingerprint density at radius 1 is 1.33 bits per heavy atom. The fourth-order valence-electron chi connectivity index (χ4n) is 1.04. The Bertz CT molecular complexity index is 141. The molecule has 0 aliphatic heterocycles. The van der Waals surface area contributed by atoms with Crippen LogP contribution in [-0.2, 0) is 14.3 Å². The quantitative estimate of drug-likeness (QED) is 0.469. The van der Waals surface area contributed by atoms with Crippen LogP contribution in [0.5, 0.6) is 0 Å². The SMILES string of the molecule is COCCCC(C)(C)C(=O)OC. The summed E-state index contributed by atoms with van der Waals surface area (Å²) in [5.74, 6) is -0.154. The molecule has 0 aromatic heterocycles. The van der Waals surface area contributed by atoms with Gasteiger partial charge in [0.1, 0.15) is 0 Å². The second-order valence-electron chi connectivity index (χ2n) is 3.47. The topological polar surface area (TPSA) is 35.5 Å². The Kier molecular flexibility index (Phi) is 4.90. The molecule has 0 saturated heterocycles. The Labute approximate surface area is 74.0 Å². The molecule has 0 bridgehead atoms. The predicted octanol–water partition coefficient (Wildman–Crippen LogP) is 1.61. The molecule has 72 valence electrons. The largest absolute Gasteiger partial charge is 0.469 e. The van der Waals surface area contributed by atoms with Crippen molar-refractivity contribution in [2.24, 2.45) is 5.41 Å². The highest BCUT2D eigenvalue weighted by molar-refractivity contribution is 5.75. The van der Waals surface area contributed by atoms with Gasteiger partial charge in [0.05, 0.1) is 12.5 Å². The standard InChI is InChI=1S/C9H18O3/c1-9(2,8(10)12-4)6-5-7-11-3/h5-7H2,1-4H3. The lowest BCUT2D eigenvalue weighted by atomic mass is 9.88. The number of esters is 1. The molecule has 0 aliphatic rings. The second kappa shape index (κ2) is 5.14. The van der Waals surface area contributed by atoms with Gasteiger partial charge < -0.3 is 9.47 Å². The van der Waals surface area contributed by atoms with Crippen LogP contribution in [0, 0.1) is 5.41 Å². The van der Waals surface area contributed by atoms with Gasteiger partial charge in [-0.3, -0.25) is 4.79 Å². The van der Waals surface area contributed by atoms with Crippen molar-refractivity contribution in [3.8, 4) is 0 Å². The van der Waals surface area contributed by atoms with E-state index in [-0.39, 0.29) is 11.4 Å². The summed E-state index contributed by atoms with van der Waals surface area (Å²) in [6, 6.07) is 0. The average Bonchev–Trinajstić information content (AvgIpc) is 2.03. The highest BCUT2D eigenvalue weighted by Crippen LogP contribution is 2.23. The molecular formula is C9H18O3. The monoisotopic (exact) mass is 174 g/mol. The molecule has 3 nitrogen and oxygen atoms in total. The highest BCUT2D eigenvalue weighted by atomic mass is 16.5. The van der Waals surface area contributed by atoms with Gasteiger partial charge in [-0.1, -0.05) is 0 Å². The maximum absolute atomic E-state index is 11.2. The maximum Gasteiger partial charge on any atom is 0.311 e. The van der Waals surface area contributed by atoms with Crippen molar-refractivity contribution in [3.63, 3.8) is 0 Å². The molecule has 3 heteroatoms. The number of hydrogen-bond acceptors (Lipinski definition) is 3. The van der Waals surface area contributed by atoms with E-state index in [9.17, 15) is 4.79 Å². The molecule has 0 saturated carbocycles. The normalized spacial score (nSPS) is 11.3. The third-order valence-electron chi connectivity index (χ3n) is 1.89. The van der Waals surface area contributed by atoms with E-state index < -0.39 is 0 Å². The van der Waals surface area contributed by atoms with Crippen LogP contribution in [0.1, 0.15) is 26.7 Å². The fourth-order valence-corrected chi connectivity index (χ4v) is 1.04. The minimum atomic E-state index is -0.382. The number of hydrogen-bond donors (Lipinski definition) is 0. The Morgan fingerprint density at radius 2 is 1.92 bits per heavy atom. The van der Waals surface area contributed by atoms with E-state index in [2.05, 4.69) is 4.74 Å². The summed E-state index contributed by atoms with van der Waals surface area (Å²) in [6.07, 6.45) is 1.69. The van der Waals surface area contributed by atoms with Gasteiger partial charge >= 0.3 is 5.97 Å². The van der Waals surface area contributed by atoms with E-state index in [1.807, 2.05) is 13.8 Å². The van der Waals surface area contributed by atoms with Crippen molar-refractivity contribution in [2.45, 2.75) is 26.7 Å². The predicted molar refractivity (Wildman–Crippen MR) is 46.9 cm³/mol. The molecular weight excluding hydrogens is 156 g/mol. The summed E-state index contributed by atoms with van der Waals surface area (Å²) >= 11 is 0. The summed E-state index contributed by atoms with van der Waals surface area (Å²) in [5, 5.41) is 0. The fraction of sp³-hybridized carbons (Fsp3) is 0.889. The Morgan fingerprint density at radius 3 is 2.33 bits per heavy atom. The van der Waals surface area contributed by atoms with Gasteiger partial charge in [-0.25, -0.2) is 0 Å². The molecule has 0 atom stereocenters. The smallest absolute Gasteiger partial charge is 0.311 e. The number of methoxy groups -OCH3 is 2. The molecule has 0 rings (SSSR count). The van der Waals surface area contributed by atoms with Crippen molar-refractivity contribution in [2.75, 3.05) is 20.8 Å². The molecule has 0 radical (unpaired) electrons. The summed E-state index contributed by atoms with van der Waals surface area (Å²) in [6.45, 7) is 4.46. The first-order chi connectivity index (χ1) is 5.54. The van der Waals surface area contributed by atoms with Crippen LogP contribution in [0.4, 0.5) is 0 Å². The van der Waals surface area contributed by atoms with Crippen LogP contribution < -0.4 is 0 Å². The van der Waals surface area contributed by atoms with Gasteiger partial charge in [0.25, 0.3) is 0 Å². The van der Waals surface area contributed by atoms with Gasteiger partial charge in [-0.2, -0.15) is 0 Å². The lowest BCUT2D eigenvalue weighted by molar-refractivity contribution is -0.151. The Hall–Kier alpha value is -0.570. The zero-order chi connectivity index (χ0) is 9.61. The van der Waals surface area contributed by atoms with E-state index in [1.165, 1.54) is 7.11 Å². The van der Waals surface area contributed by atoms with Gasteiger partial charge in [-0.15, -0.1) is 0 Å². The Balaban J connectivity index is 3.78. The highest BCUT2D eigenvalue weighted by Gasteiger charge is 2.27. The van der Waals surface area contributed by atoms with E-state index in [1.54, 1.807) is 7.11 Å². The third-order valence-corrected chi connectivity index (χ3v) is 1.89. The first-order valence-corrected chi connectivity index (χ1v) is 4.12. The van der Waals surface area contributed by atoms with Crippen LogP contribution in [0.15, 0.2) is 0 Å². The number of carbonyl (C=O) groups excluding carboxylic acids is 1. The van der Waals surface area contributed by atoms with Gasteiger partial charge in [0.15, 0.2) is 0 Å².